The summed E-state index contributed by atoms with van der Waals surface area (Å²) in [6, 6.07) is 7.13. The molecule has 0 amide bonds. The van der Waals surface area contributed by atoms with Gasteiger partial charge < -0.3 is 4.57 Å². The number of fused-ring (bicyclic) bond motifs is 3. The van der Waals surface area contributed by atoms with Crippen molar-refractivity contribution in [3.63, 3.8) is 0 Å². The van der Waals surface area contributed by atoms with Crippen LogP contribution in [-0.2, 0) is 23.1 Å². The third kappa shape index (κ3) is 2.87. The number of benzene rings is 2. The monoisotopic (exact) mass is 394 g/mol. The Labute approximate surface area is 153 Å². The van der Waals surface area contributed by atoms with Gasteiger partial charge in [-0.25, -0.2) is 8.42 Å². The lowest BCUT2D eigenvalue weighted by molar-refractivity contribution is -0.137. The van der Waals surface area contributed by atoms with Crippen LogP contribution in [0.5, 0.6) is 0 Å². The van der Waals surface area contributed by atoms with Crippen LogP contribution in [0.1, 0.15) is 6.93 Å². The van der Waals surface area contributed by atoms with Crippen LogP contribution in [0.4, 0.5) is 13.2 Å². The molecule has 0 radical (unpaired) electrons. The summed E-state index contributed by atoms with van der Waals surface area (Å²) in [5, 5.41) is 4.90. The molecule has 0 atom stereocenters. The van der Waals surface area contributed by atoms with E-state index in [0.29, 0.717) is 21.9 Å². The number of aromatic nitrogens is 3. The van der Waals surface area contributed by atoms with E-state index in [2.05, 4.69) is 5.10 Å². The number of nitrogens with zero attached hydrogens (tertiary/aromatic N) is 3. The predicted molar refractivity (Wildman–Crippen MR) is 95.7 cm³/mol. The Bertz CT molecular complexity index is 1350. The summed E-state index contributed by atoms with van der Waals surface area (Å²) in [5.74, 6) is 0. The number of rotatable bonds is 2. The summed E-state index contributed by atoms with van der Waals surface area (Å²) < 4.78 is 73.9. The zero-order valence-electron chi connectivity index (χ0n) is 15.2. The number of hydrogen-bond donors (Lipinski definition) is 0. The molecule has 4 rings (SSSR count). The highest BCUT2D eigenvalue weighted by atomic mass is 32.2. The summed E-state index contributed by atoms with van der Waals surface area (Å²) in [7, 11) is -1.76. The fourth-order valence-corrected chi connectivity index (χ4v) is 3.73. The lowest BCUT2D eigenvalue weighted by atomic mass is 10.2. The summed E-state index contributed by atoms with van der Waals surface area (Å²) in [4.78, 5) is 0.114. The van der Waals surface area contributed by atoms with Crippen LogP contribution in [0.25, 0.3) is 27.6 Å². The Kier molecular flexibility index (Phi) is 3.39. The fourth-order valence-electron chi connectivity index (χ4n) is 3.08. The number of alkyl halides is 3. The van der Waals surface area contributed by atoms with Gasteiger partial charge in [0.1, 0.15) is 5.52 Å². The zero-order chi connectivity index (χ0) is 20.4. The van der Waals surface area contributed by atoms with Crippen molar-refractivity contribution in [2.24, 2.45) is 7.05 Å². The van der Waals surface area contributed by atoms with E-state index in [0.717, 1.165) is 18.4 Å². The van der Waals surface area contributed by atoms with E-state index in [1.807, 2.05) is 0 Å². The summed E-state index contributed by atoms with van der Waals surface area (Å²) in [6.07, 6.45) is -1.77. The second-order valence-corrected chi connectivity index (χ2v) is 8.30. The molecule has 0 N–H and O–H groups in total. The van der Waals surface area contributed by atoms with Gasteiger partial charge in [0.2, 0.25) is 0 Å². The third-order valence-electron chi connectivity index (χ3n) is 4.31. The number of halogens is 3. The van der Waals surface area contributed by atoms with Gasteiger partial charge in [-0.2, -0.15) is 18.3 Å². The molecule has 140 valence electrons. The number of sulfone groups is 1. The summed E-state index contributed by atoms with van der Waals surface area (Å²) >= 11 is 0. The molecule has 9 heteroatoms. The Hall–Kier alpha value is -2.81. The predicted octanol–water partition coefficient (Wildman–Crippen LogP) is 3.94. The molecule has 0 fully saturated rings. The van der Waals surface area contributed by atoms with Crippen molar-refractivity contribution in [2.45, 2.75) is 11.1 Å². The molecule has 0 aliphatic rings. The first-order valence-corrected chi connectivity index (χ1v) is 9.72. The molecule has 2 heterocycles. The van der Waals surface area contributed by atoms with Crippen LogP contribution in [0.2, 0.25) is 0 Å². The molecule has 27 heavy (non-hydrogen) atoms. The highest BCUT2D eigenvalue weighted by molar-refractivity contribution is 7.90. The molecule has 5 nitrogen and oxygen atoms in total. The van der Waals surface area contributed by atoms with Crippen molar-refractivity contribution in [3.8, 4) is 5.69 Å². The maximum atomic E-state index is 12.9. The minimum absolute atomic E-state index is 0.114. The standard InChI is InChI=1S/C18H14F3N3O2S/c1-23-10-16-17(22-23)14-9-13(27(2,25)26)7-8-15(14)24(16)12-5-3-11(4-6-12)18(19,20)21/h3-10H,1-2H3/i5D. The first-order valence-electron chi connectivity index (χ1n) is 8.33. The van der Waals surface area contributed by atoms with E-state index in [1.165, 1.54) is 22.9 Å². The molecule has 2 aromatic carbocycles. The maximum absolute atomic E-state index is 12.9. The second-order valence-electron chi connectivity index (χ2n) is 6.28. The average Bonchev–Trinajstić information content (AvgIpc) is 3.08. The van der Waals surface area contributed by atoms with E-state index in [4.69, 9.17) is 1.37 Å². The normalized spacial score (nSPS) is 13.4. The SMILES string of the molecule is [2H]c1cc(C(F)(F)F)ccc1-n1c2ccc(S(C)(=O)=O)cc2c2nn(C)cc21. The van der Waals surface area contributed by atoms with Crippen LogP contribution in [0.3, 0.4) is 0 Å². The van der Waals surface area contributed by atoms with Gasteiger partial charge in [0.05, 0.1) is 22.9 Å². The molecule has 4 aromatic rings. The molecule has 2 aromatic heterocycles. The van der Waals surface area contributed by atoms with Crippen molar-refractivity contribution in [1.82, 2.24) is 14.3 Å². The molecule has 0 bridgehead atoms. The summed E-state index contributed by atoms with van der Waals surface area (Å²) in [6.45, 7) is 0. The van der Waals surface area contributed by atoms with Crippen molar-refractivity contribution < 1.29 is 23.0 Å². The molecule has 0 saturated carbocycles. The smallest absolute Gasteiger partial charge is 0.306 e. The summed E-state index contributed by atoms with van der Waals surface area (Å²) in [5.41, 5.74) is 0.963. The highest BCUT2D eigenvalue weighted by Gasteiger charge is 2.30. The largest absolute Gasteiger partial charge is 0.416 e. The van der Waals surface area contributed by atoms with Crippen LogP contribution in [0.15, 0.2) is 53.5 Å². The quantitative estimate of drug-likeness (QED) is 0.518. The zero-order valence-corrected chi connectivity index (χ0v) is 15.1. The first kappa shape index (κ1) is 16.4. The number of aryl methyl sites for hydroxylation is 1. The Balaban J connectivity index is 2.06. The highest BCUT2D eigenvalue weighted by Crippen LogP contribution is 2.34. The molecular formula is C18H14F3N3O2S. The van der Waals surface area contributed by atoms with Crippen molar-refractivity contribution in [1.29, 1.82) is 0 Å². The Morgan fingerprint density at radius 1 is 1.11 bits per heavy atom. The van der Waals surface area contributed by atoms with E-state index < -0.39 is 21.6 Å². The Morgan fingerprint density at radius 2 is 1.85 bits per heavy atom. The van der Waals surface area contributed by atoms with Gasteiger partial charge in [0, 0.05) is 30.6 Å². The van der Waals surface area contributed by atoms with Crippen molar-refractivity contribution >= 4 is 31.8 Å². The number of hydrogen-bond acceptors (Lipinski definition) is 3. The van der Waals surface area contributed by atoms with E-state index in [-0.39, 0.29) is 16.6 Å². The van der Waals surface area contributed by atoms with Gasteiger partial charge >= 0.3 is 6.18 Å². The Morgan fingerprint density at radius 3 is 2.48 bits per heavy atom. The van der Waals surface area contributed by atoms with Crippen molar-refractivity contribution in [2.75, 3.05) is 6.26 Å². The van der Waals surface area contributed by atoms with E-state index in [9.17, 15) is 21.6 Å². The van der Waals surface area contributed by atoms with E-state index >= 15 is 0 Å². The fraction of sp³-hybridized carbons (Fsp3) is 0.167. The molecular weight excluding hydrogens is 379 g/mol. The van der Waals surface area contributed by atoms with Gasteiger partial charge in [0.25, 0.3) is 0 Å². The van der Waals surface area contributed by atoms with Gasteiger partial charge in [-0.1, -0.05) is 0 Å². The minimum Gasteiger partial charge on any atom is -0.306 e. The minimum atomic E-state index is -4.54. The lowest BCUT2D eigenvalue weighted by Gasteiger charge is -2.10. The van der Waals surface area contributed by atoms with Gasteiger partial charge in [0.15, 0.2) is 9.84 Å². The van der Waals surface area contributed by atoms with Crippen molar-refractivity contribution in [3.05, 3.63) is 54.2 Å². The second kappa shape index (κ2) is 5.59. The van der Waals surface area contributed by atoms with E-state index in [1.54, 1.807) is 23.9 Å². The van der Waals surface area contributed by atoms with Crippen LogP contribution in [0, 0.1) is 0 Å². The first-order chi connectivity index (χ1) is 13.0. The lowest BCUT2D eigenvalue weighted by Crippen LogP contribution is -2.05. The maximum Gasteiger partial charge on any atom is 0.416 e. The molecule has 0 unspecified atom stereocenters. The topological polar surface area (TPSA) is 56.9 Å². The van der Waals surface area contributed by atoms with Crippen LogP contribution in [-0.4, -0.2) is 29.0 Å². The molecule has 0 saturated heterocycles. The third-order valence-corrected chi connectivity index (χ3v) is 5.42. The molecule has 0 aliphatic carbocycles. The van der Waals surface area contributed by atoms with Crippen LogP contribution < -0.4 is 0 Å². The van der Waals surface area contributed by atoms with Gasteiger partial charge in [-0.05, 0) is 42.4 Å². The van der Waals surface area contributed by atoms with Crippen LogP contribution >= 0.6 is 0 Å². The molecule has 0 aliphatic heterocycles. The average molecular weight is 394 g/mol. The molecule has 0 spiro atoms. The van der Waals surface area contributed by atoms with Gasteiger partial charge in [-0.3, -0.25) is 4.68 Å². The van der Waals surface area contributed by atoms with Gasteiger partial charge in [-0.15, -0.1) is 0 Å².